The van der Waals surface area contributed by atoms with Crippen molar-refractivity contribution in [1.82, 2.24) is 9.36 Å². The van der Waals surface area contributed by atoms with Crippen LogP contribution in [-0.2, 0) is 14.4 Å². The highest BCUT2D eigenvalue weighted by Crippen LogP contribution is 2.24. The van der Waals surface area contributed by atoms with Gasteiger partial charge in [0.15, 0.2) is 5.13 Å². The van der Waals surface area contributed by atoms with Gasteiger partial charge in [0.25, 0.3) is 0 Å². The second-order valence-corrected chi connectivity index (χ2v) is 4.20. The number of carbonyl (C=O) groups excluding carboxylic acids is 1. The summed E-state index contributed by atoms with van der Waals surface area (Å²) in [6.45, 7) is 1.96. The number of nitrogens with two attached hydrogens (primary N) is 1. The summed E-state index contributed by atoms with van der Waals surface area (Å²) in [6, 6.07) is 0. The van der Waals surface area contributed by atoms with E-state index in [1.165, 1.54) is 0 Å². The van der Waals surface area contributed by atoms with Gasteiger partial charge in [0.05, 0.1) is 6.61 Å². The van der Waals surface area contributed by atoms with Crippen LogP contribution in [0.5, 0.6) is 0 Å². The van der Waals surface area contributed by atoms with Crippen LogP contribution in [0.4, 0.5) is 5.13 Å². The highest BCUT2D eigenvalue weighted by atomic mass is 32.1. The minimum atomic E-state index is -0.606. The van der Waals surface area contributed by atoms with Gasteiger partial charge < -0.3 is 15.3 Å². The van der Waals surface area contributed by atoms with E-state index < -0.39 is 5.97 Å². The molecule has 0 saturated heterocycles. The summed E-state index contributed by atoms with van der Waals surface area (Å²) in [7, 11) is 0. The topological polar surface area (TPSA) is 99.7 Å². The third-order valence-corrected chi connectivity index (χ3v) is 2.48. The van der Waals surface area contributed by atoms with Gasteiger partial charge in [-0.3, -0.25) is 0 Å². The molecule has 92 valence electrons. The number of oxime groups is 1. The molecular formula is C9H12N4O3S. The number of esters is 1. The van der Waals surface area contributed by atoms with Crippen molar-refractivity contribution in [3.05, 3.63) is 5.82 Å². The van der Waals surface area contributed by atoms with Gasteiger partial charge in [-0.05, 0) is 19.8 Å². The molecule has 8 heteroatoms. The molecule has 1 aromatic rings. The number of rotatable bonds is 5. The lowest BCUT2D eigenvalue weighted by molar-refractivity contribution is -0.135. The normalized spacial score (nSPS) is 15.7. The third kappa shape index (κ3) is 3.13. The summed E-state index contributed by atoms with van der Waals surface area (Å²) >= 11 is 0.991. The number of ether oxygens (including phenoxy) is 1. The Morgan fingerprint density at radius 1 is 1.65 bits per heavy atom. The molecule has 0 amide bonds. The van der Waals surface area contributed by atoms with Crippen LogP contribution in [0.3, 0.4) is 0 Å². The number of nitrogen functional groups attached to an aromatic ring is 1. The van der Waals surface area contributed by atoms with Crippen LogP contribution in [0.1, 0.15) is 25.6 Å². The van der Waals surface area contributed by atoms with Gasteiger partial charge in [-0.15, -0.1) is 0 Å². The van der Waals surface area contributed by atoms with Crippen LogP contribution < -0.4 is 5.73 Å². The molecule has 2 N–H and O–H groups in total. The maximum Gasteiger partial charge on any atom is 0.364 e. The molecular weight excluding hydrogens is 244 g/mol. The van der Waals surface area contributed by atoms with Crippen molar-refractivity contribution in [2.75, 3.05) is 12.3 Å². The first-order valence-electron chi connectivity index (χ1n) is 5.21. The first kappa shape index (κ1) is 11.8. The van der Waals surface area contributed by atoms with Crippen molar-refractivity contribution in [1.29, 1.82) is 0 Å². The molecule has 0 atom stereocenters. The van der Waals surface area contributed by atoms with Crippen LogP contribution in [-0.4, -0.2) is 33.7 Å². The second kappa shape index (κ2) is 5.09. The molecule has 0 radical (unpaired) electrons. The first-order chi connectivity index (χ1) is 8.20. The number of aromatic nitrogens is 2. The van der Waals surface area contributed by atoms with Crippen molar-refractivity contribution in [2.24, 2.45) is 5.16 Å². The summed E-state index contributed by atoms with van der Waals surface area (Å²) in [5.41, 5.74) is 5.42. The monoisotopic (exact) mass is 256 g/mol. The maximum absolute atomic E-state index is 11.6. The fraction of sp³-hybridized carbons (Fsp3) is 0.556. The second-order valence-electron chi connectivity index (χ2n) is 3.42. The van der Waals surface area contributed by atoms with E-state index in [0.29, 0.717) is 0 Å². The highest BCUT2D eigenvalue weighted by Gasteiger charge is 2.26. The van der Waals surface area contributed by atoms with Gasteiger partial charge in [-0.2, -0.15) is 9.36 Å². The van der Waals surface area contributed by atoms with Gasteiger partial charge in [0.2, 0.25) is 11.5 Å². The van der Waals surface area contributed by atoms with E-state index in [1.807, 2.05) is 0 Å². The van der Waals surface area contributed by atoms with Crippen molar-refractivity contribution >= 4 is 28.3 Å². The van der Waals surface area contributed by atoms with Crippen molar-refractivity contribution in [3.8, 4) is 0 Å². The van der Waals surface area contributed by atoms with Gasteiger partial charge in [-0.25, -0.2) is 4.79 Å². The lowest BCUT2D eigenvalue weighted by atomic mass is 10.3. The predicted octanol–water partition coefficient (Wildman–Crippen LogP) is 0.567. The van der Waals surface area contributed by atoms with Crippen LogP contribution in [0, 0.1) is 0 Å². The molecule has 1 aliphatic rings. The quantitative estimate of drug-likeness (QED) is 0.469. The maximum atomic E-state index is 11.6. The van der Waals surface area contributed by atoms with E-state index in [0.717, 1.165) is 24.4 Å². The molecule has 1 heterocycles. The summed E-state index contributed by atoms with van der Waals surface area (Å²) in [4.78, 5) is 20.6. The Morgan fingerprint density at radius 2 is 2.41 bits per heavy atom. The predicted molar refractivity (Wildman–Crippen MR) is 61.6 cm³/mol. The molecule has 1 aliphatic carbocycles. The summed E-state index contributed by atoms with van der Waals surface area (Å²) in [5, 5.41) is 4.02. The summed E-state index contributed by atoms with van der Waals surface area (Å²) in [6.07, 6.45) is 1.99. The molecule has 7 nitrogen and oxygen atoms in total. The fourth-order valence-electron chi connectivity index (χ4n) is 1.00. The Labute approximate surface area is 102 Å². The minimum absolute atomic E-state index is 0.0355. The summed E-state index contributed by atoms with van der Waals surface area (Å²) in [5.74, 6) is -0.461. The minimum Gasteiger partial charge on any atom is -0.461 e. The number of anilines is 1. The van der Waals surface area contributed by atoms with E-state index in [1.54, 1.807) is 6.92 Å². The van der Waals surface area contributed by atoms with Crippen LogP contribution in [0.2, 0.25) is 0 Å². The number of carbonyl (C=O) groups is 1. The number of nitrogens with zero attached hydrogens (tertiary/aromatic N) is 3. The number of hydrogen-bond acceptors (Lipinski definition) is 8. The van der Waals surface area contributed by atoms with Crippen molar-refractivity contribution in [2.45, 2.75) is 25.9 Å². The highest BCUT2D eigenvalue weighted by molar-refractivity contribution is 7.09. The third-order valence-electron chi connectivity index (χ3n) is 1.94. The standard InChI is InChI=1S/C9H12N4O3S/c1-2-15-8(14)6(12-16-5-3-4-5)7-11-9(10)17-13-7/h5H,2-4H2,1H3,(H2,10,11,13)/b12-6+. The molecule has 1 aromatic heterocycles. The smallest absolute Gasteiger partial charge is 0.364 e. The SMILES string of the molecule is CCOC(=O)/C(=N/OC1CC1)c1nsc(N)n1. The zero-order valence-corrected chi connectivity index (χ0v) is 10.1. The molecule has 0 unspecified atom stereocenters. The van der Waals surface area contributed by atoms with Gasteiger partial charge in [0, 0.05) is 11.5 Å². The molecule has 1 fully saturated rings. The van der Waals surface area contributed by atoms with Gasteiger partial charge in [-0.1, -0.05) is 5.16 Å². The van der Waals surface area contributed by atoms with Crippen LogP contribution in [0.25, 0.3) is 0 Å². The first-order valence-corrected chi connectivity index (χ1v) is 5.98. The Morgan fingerprint density at radius 3 is 2.94 bits per heavy atom. The molecule has 0 bridgehead atoms. The van der Waals surface area contributed by atoms with E-state index in [9.17, 15) is 4.79 Å². The van der Waals surface area contributed by atoms with Gasteiger partial charge >= 0.3 is 5.97 Å². The van der Waals surface area contributed by atoms with E-state index in [-0.39, 0.29) is 29.4 Å². The molecule has 0 aliphatic heterocycles. The Hall–Kier alpha value is -1.70. The van der Waals surface area contributed by atoms with Gasteiger partial charge in [0.1, 0.15) is 6.10 Å². The van der Waals surface area contributed by atoms with Crippen molar-refractivity contribution < 1.29 is 14.4 Å². The Kier molecular flexibility index (Phi) is 3.52. The molecule has 17 heavy (non-hydrogen) atoms. The Bertz CT molecular complexity index is 441. The molecule has 0 aromatic carbocycles. The van der Waals surface area contributed by atoms with E-state index in [2.05, 4.69) is 14.5 Å². The lowest BCUT2D eigenvalue weighted by Crippen LogP contribution is -2.20. The number of hydrogen-bond donors (Lipinski definition) is 1. The van der Waals surface area contributed by atoms with Crippen LogP contribution in [0.15, 0.2) is 5.16 Å². The zero-order valence-electron chi connectivity index (χ0n) is 9.25. The largest absolute Gasteiger partial charge is 0.461 e. The summed E-state index contributed by atoms with van der Waals surface area (Å²) < 4.78 is 8.77. The molecule has 2 rings (SSSR count). The Balaban J connectivity index is 2.16. The van der Waals surface area contributed by atoms with E-state index >= 15 is 0 Å². The van der Waals surface area contributed by atoms with Crippen molar-refractivity contribution in [3.63, 3.8) is 0 Å². The average molecular weight is 256 g/mol. The van der Waals surface area contributed by atoms with E-state index in [4.69, 9.17) is 15.3 Å². The molecule has 0 spiro atoms. The lowest BCUT2D eigenvalue weighted by Gasteiger charge is -2.02. The average Bonchev–Trinajstić information content (AvgIpc) is 3.02. The zero-order chi connectivity index (χ0) is 12.3. The van der Waals surface area contributed by atoms with Crippen LogP contribution >= 0.6 is 11.5 Å². The fourth-order valence-corrected chi connectivity index (χ4v) is 1.44. The molecule has 1 saturated carbocycles.